The lowest BCUT2D eigenvalue weighted by molar-refractivity contribution is 0.0944. The van der Waals surface area contributed by atoms with Gasteiger partial charge >= 0.3 is 0 Å². The van der Waals surface area contributed by atoms with Crippen LogP contribution in [0.25, 0.3) is 0 Å². The fourth-order valence-electron chi connectivity index (χ4n) is 2.52. The normalized spacial score (nSPS) is 20.2. The second kappa shape index (κ2) is 6.92. The van der Waals surface area contributed by atoms with Crippen molar-refractivity contribution in [2.45, 2.75) is 19.8 Å². The monoisotopic (exact) mass is 280 g/mol. The number of halogens is 1. The van der Waals surface area contributed by atoms with Crippen molar-refractivity contribution >= 4 is 17.5 Å². The van der Waals surface area contributed by atoms with Gasteiger partial charge < -0.3 is 10.2 Å². The highest BCUT2D eigenvalue weighted by Crippen LogP contribution is 2.14. The van der Waals surface area contributed by atoms with Gasteiger partial charge in [0.25, 0.3) is 5.91 Å². The molecule has 2 rings (SSSR count). The van der Waals surface area contributed by atoms with Gasteiger partial charge in [0.15, 0.2) is 0 Å². The highest BCUT2D eigenvalue weighted by atomic mass is 35.5. The molecule has 19 heavy (non-hydrogen) atoms. The zero-order valence-corrected chi connectivity index (χ0v) is 12.1. The molecule has 0 saturated carbocycles. The lowest BCUT2D eigenvalue weighted by Gasteiger charge is -2.30. The summed E-state index contributed by atoms with van der Waals surface area (Å²) in [5.41, 5.74) is 0.663. The molecule has 3 nitrogen and oxygen atoms in total. The molecule has 1 atom stereocenters. The fourth-order valence-corrected chi connectivity index (χ4v) is 2.65. The fraction of sp³-hybridized carbons (Fsp3) is 0.533. The standard InChI is InChI=1S/C15H21ClN2O/c1-12-3-2-9-18(11-12)10-8-17-15(19)13-4-6-14(16)7-5-13/h4-7,12H,2-3,8-11H2,1H3,(H,17,19). The maximum absolute atomic E-state index is 11.9. The van der Waals surface area contributed by atoms with E-state index in [1.165, 1.54) is 12.8 Å². The van der Waals surface area contributed by atoms with Crippen molar-refractivity contribution in [2.24, 2.45) is 5.92 Å². The van der Waals surface area contributed by atoms with E-state index in [4.69, 9.17) is 11.6 Å². The lowest BCUT2D eigenvalue weighted by atomic mass is 10.0. The average Bonchev–Trinajstić information content (AvgIpc) is 2.39. The number of hydrogen-bond donors (Lipinski definition) is 1. The van der Waals surface area contributed by atoms with Crippen LogP contribution < -0.4 is 5.32 Å². The number of amides is 1. The highest BCUT2D eigenvalue weighted by Gasteiger charge is 2.15. The van der Waals surface area contributed by atoms with Crippen LogP contribution in [0.2, 0.25) is 5.02 Å². The molecule has 0 radical (unpaired) electrons. The summed E-state index contributed by atoms with van der Waals surface area (Å²) < 4.78 is 0. The zero-order valence-electron chi connectivity index (χ0n) is 11.4. The molecule has 1 aromatic carbocycles. The third-order valence-corrected chi connectivity index (χ3v) is 3.81. The molecule has 1 N–H and O–H groups in total. The summed E-state index contributed by atoms with van der Waals surface area (Å²) in [4.78, 5) is 14.3. The van der Waals surface area contributed by atoms with Gasteiger partial charge in [-0.1, -0.05) is 18.5 Å². The third-order valence-electron chi connectivity index (χ3n) is 3.56. The summed E-state index contributed by atoms with van der Waals surface area (Å²) in [6.07, 6.45) is 2.60. The lowest BCUT2D eigenvalue weighted by Crippen LogP contribution is -2.40. The molecule has 1 aromatic rings. The second-order valence-electron chi connectivity index (χ2n) is 5.31. The van der Waals surface area contributed by atoms with E-state index >= 15 is 0 Å². The Bertz CT molecular complexity index is 419. The van der Waals surface area contributed by atoms with Crippen LogP contribution in [0.15, 0.2) is 24.3 Å². The predicted octanol–water partition coefficient (Wildman–Crippen LogP) is 2.80. The molecule has 1 unspecified atom stereocenters. The van der Waals surface area contributed by atoms with Crippen LogP contribution in [-0.4, -0.2) is 37.0 Å². The summed E-state index contributed by atoms with van der Waals surface area (Å²) >= 11 is 5.80. The number of carbonyl (C=O) groups excluding carboxylic acids is 1. The molecule has 0 bridgehead atoms. The molecule has 1 heterocycles. The number of carbonyl (C=O) groups is 1. The van der Waals surface area contributed by atoms with Crippen LogP contribution in [0.3, 0.4) is 0 Å². The maximum Gasteiger partial charge on any atom is 0.251 e. The number of piperidine rings is 1. The zero-order chi connectivity index (χ0) is 13.7. The number of hydrogen-bond acceptors (Lipinski definition) is 2. The van der Waals surface area contributed by atoms with Crippen molar-refractivity contribution in [3.8, 4) is 0 Å². The highest BCUT2D eigenvalue weighted by molar-refractivity contribution is 6.30. The van der Waals surface area contributed by atoms with Crippen LogP contribution in [0.5, 0.6) is 0 Å². The molecule has 0 spiro atoms. The minimum absolute atomic E-state index is 0.0262. The average molecular weight is 281 g/mol. The van der Waals surface area contributed by atoms with Crippen LogP contribution in [0, 0.1) is 5.92 Å². The van der Waals surface area contributed by atoms with Gasteiger partial charge in [-0.2, -0.15) is 0 Å². The summed E-state index contributed by atoms with van der Waals surface area (Å²) in [7, 11) is 0. The number of rotatable bonds is 4. The Morgan fingerprint density at radius 2 is 2.16 bits per heavy atom. The summed E-state index contributed by atoms with van der Waals surface area (Å²) in [5, 5.41) is 3.61. The molecule has 1 amide bonds. The first-order valence-corrected chi connectivity index (χ1v) is 7.29. The van der Waals surface area contributed by atoms with Crippen LogP contribution in [0.4, 0.5) is 0 Å². The SMILES string of the molecule is CC1CCCN(CCNC(=O)c2ccc(Cl)cc2)C1. The van der Waals surface area contributed by atoms with Crippen molar-refractivity contribution in [2.75, 3.05) is 26.2 Å². The first kappa shape index (κ1) is 14.4. The molecule has 0 aliphatic carbocycles. The van der Waals surface area contributed by atoms with E-state index < -0.39 is 0 Å². The molecule has 1 saturated heterocycles. The number of benzene rings is 1. The van der Waals surface area contributed by atoms with Crippen LogP contribution >= 0.6 is 11.6 Å². The number of nitrogens with zero attached hydrogens (tertiary/aromatic N) is 1. The molecular weight excluding hydrogens is 260 g/mol. The van der Waals surface area contributed by atoms with Crippen molar-refractivity contribution in [1.82, 2.24) is 10.2 Å². The van der Waals surface area contributed by atoms with E-state index in [-0.39, 0.29) is 5.91 Å². The van der Waals surface area contributed by atoms with E-state index in [9.17, 15) is 4.79 Å². The molecule has 1 fully saturated rings. The smallest absolute Gasteiger partial charge is 0.251 e. The Balaban J connectivity index is 1.73. The quantitative estimate of drug-likeness (QED) is 0.920. The van der Waals surface area contributed by atoms with Gasteiger partial charge in [0.2, 0.25) is 0 Å². The van der Waals surface area contributed by atoms with Gasteiger partial charge in [0.1, 0.15) is 0 Å². The predicted molar refractivity (Wildman–Crippen MR) is 78.6 cm³/mol. The maximum atomic E-state index is 11.9. The van der Waals surface area contributed by atoms with Gasteiger partial charge in [0, 0.05) is 30.2 Å². The van der Waals surface area contributed by atoms with E-state index in [0.717, 1.165) is 25.6 Å². The van der Waals surface area contributed by atoms with E-state index in [1.54, 1.807) is 24.3 Å². The summed E-state index contributed by atoms with van der Waals surface area (Å²) in [6, 6.07) is 6.98. The molecular formula is C15H21ClN2O. The summed E-state index contributed by atoms with van der Waals surface area (Å²) in [5.74, 6) is 0.752. The molecule has 1 aliphatic heterocycles. The summed E-state index contributed by atoms with van der Waals surface area (Å²) in [6.45, 7) is 6.23. The Morgan fingerprint density at radius 1 is 1.42 bits per heavy atom. The minimum atomic E-state index is -0.0262. The van der Waals surface area contributed by atoms with Crippen LogP contribution in [0.1, 0.15) is 30.1 Å². The van der Waals surface area contributed by atoms with Gasteiger partial charge in [-0.25, -0.2) is 0 Å². The van der Waals surface area contributed by atoms with Crippen molar-refractivity contribution < 1.29 is 4.79 Å². The number of likely N-dealkylation sites (tertiary alicyclic amines) is 1. The van der Waals surface area contributed by atoms with Gasteiger partial charge in [-0.05, 0) is 49.6 Å². The Labute approximate surface area is 119 Å². The third kappa shape index (κ3) is 4.51. The molecule has 104 valence electrons. The Hall–Kier alpha value is -1.06. The van der Waals surface area contributed by atoms with E-state index in [1.807, 2.05) is 0 Å². The van der Waals surface area contributed by atoms with Gasteiger partial charge in [-0.3, -0.25) is 4.79 Å². The number of nitrogens with one attached hydrogen (secondary N) is 1. The first-order chi connectivity index (χ1) is 9.15. The van der Waals surface area contributed by atoms with Gasteiger partial charge in [0.05, 0.1) is 0 Å². The first-order valence-electron chi connectivity index (χ1n) is 6.91. The topological polar surface area (TPSA) is 32.3 Å². The second-order valence-corrected chi connectivity index (χ2v) is 5.75. The Morgan fingerprint density at radius 3 is 2.84 bits per heavy atom. The molecule has 0 aromatic heterocycles. The van der Waals surface area contributed by atoms with E-state index in [0.29, 0.717) is 17.1 Å². The van der Waals surface area contributed by atoms with Gasteiger partial charge in [-0.15, -0.1) is 0 Å². The minimum Gasteiger partial charge on any atom is -0.351 e. The molecule has 4 heteroatoms. The van der Waals surface area contributed by atoms with Crippen molar-refractivity contribution in [3.05, 3.63) is 34.9 Å². The van der Waals surface area contributed by atoms with Crippen molar-refractivity contribution in [1.29, 1.82) is 0 Å². The van der Waals surface area contributed by atoms with E-state index in [2.05, 4.69) is 17.1 Å². The Kier molecular flexibility index (Phi) is 5.23. The molecule has 1 aliphatic rings. The largest absolute Gasteiger partial charge is 0.351 e. The van der Waals surface area contributed by atoms with Crippen LogP contribution in [-0.2, 0) is 0 Å². The van der Waals surface area contributed by atoms with Crippen molar-refractivity contribution in [3.63, 3.8) is 0 Å².